The van der Waals surface area contributed by atoms with Gasteiger partial charge in [-0.25, -0.2) is 4.79 Å². The van der Waals surface area contributed by atoms with Crippen LogP contribution in [-0.2, 0) is 6.42 Å². The van der Waals surface area contributed by atoms with Gasteiger partial charge in [0.1, 0.15) is 0 Å². The van der Waals surface area contributed by atoms with Crippen LogP contribution in [0.3, 0.4) is 0 Å². The second-order valence-electron chi connectivity index (χ2n) is 8.88. The van der Waals surface area contributed by atoms with Gasteiger partial charge in [-0.15, -0.1) is 0 Å². The van der Waals surface area contributed by atoms with E-state index >= 15 is 0 Å². The van der Waals surface area contributed by atoms with Crippen LogP contribution in [0.1, 0.15) is 49.7 Å². The summed E-state index contributed by atoms with van der Waals surface area (Å²) in [6.45, 7) is 0.722. The molecule has 2 unspecified atom stereocenters. The maximum atomic E-state index is 13.1. The molecule has 4 saturated carbocycles. The van der Waals surface area contributed by atoms with Gasteiger partial charge in [-0.3, -0.25) is 4.90 Å². The van der Waals surface area contributed by atoms with Crippen LogP contribution in [-0.4, -0.2) is 29.3 Å². The Morgan fingerprint density at radius 1 is 1.27 bits per heavy atom. The minimum atomic E-state index is -0.469. The van der Waals surface area contributed by atoms with Crippen LogP contribution in [0.4, 0.5) is 10.5 Å². The number of rotatable bonds is 1. The highest BCUT2D eigenvalue weighted by molar-refractivity contribution is 5.93. The Kier molecular flexibility index (Phi) is 3.55. The number of nitriles is 1. The van der Waals surface area contributed by atoms with E-state index in [1.165, 1.54) is 0 Å². The molecule has 4 fully saturated rings. The first-order valence-electron chi connectivity index (χ1n) is 9.88. The first-order valence-corrected chi connectivity index (χ1v) is 9.88. The van der Waals surface area contributed by atoms with E-state index in [-0.39, 0.29) is 12.1 Å². The Hall–Kier alpha value is -2.06. The van der Waals surface area contributed by atoms with Crippen LogP contribution in [0.15, 0.2) is 18.2 Å². The van der Waals surface area contributed by atoms with Gasteiger partial charge in [0.05, 0.1) is 17.2 Å². The van der Waals surface area contributed by atoms with Crippen molar-refractivity contribution in [3.63, 3.8) is 0 Å². The second-order valence-corrected chi connectivity index (χ2v) is 8.88. The van der Waals surface area contributed by atoms with Crippen LogP contribution in [0.25, 0.3) is 0 Å². The smallest absolute Gasteiger partial charge is 0.322 e. The third-order valence-corrected chi connectivity index (χ3v) is 7.10. The van der Waals surface area contributed by atoms with Gasteiger partial charge in [-0.05, 0) is 86.5 Å². The number of carbonyl (C=O) groups is 1. The molecule has 0 aromatic heterocycles. The summed E-state index contributed by atoms with van der Waals surface area (Å²) in [5.41, 5.74) is 2.21. The van der Waals surface area contributed by atoms with E-state index in [1.54, 1.807) is 6.07 Å². The zero-order chi connectivity index (χ0) is 17.9. The van der Waals surface area contributed by atoms with Crippen LogP contribution < -0.4 is 10.2 Å². The van der Waals surface area contributed by atoms with Crippen molar-refractivity contribution >= 4 is 11.7 Å². The van der Waals surface area contributed by atoms with Crippen LogP contribution in [0, 0.1) is 29.1 Å². The van der Waals surface area contributed by atoms with Crippen molar-refractivity contribution in [2.24, 2.45) is 17.8 Å². The SMILES string of the molecule is N#Cc1ccc2c(c1)CCCN2C(=O)N[C@H]1C2CC3CC1C[C@](O)(C3)C2. The Labute approximate surface area is 154 Å². The molecule has 5 aliphatic rings. The summed E-state index contributed by atoms with van der Waals surface area (Å²) in [6.07, 6.45) is 6.77. The number of hydrogen-bond donors (Lipinski definition) is 2. The van der Waals surface area contributed by atoms with Crippen LogP contribution >= 0.6 is 0 Å². The zero-order valence-corrected chi connectivity index (χ0v) is 14.9. The van der Waals surface area contributed by atoms with Crippen LogP contribution in [0.5, 0.6) is 0 Å². The Morgan fingerprint density at radius 3 is 2.73 bits per heavy atom. The molecule has 0 saturated heterocycles. The fraction of sp³-hybridized carbons (Fsp3) is 0.619. The number of anilines is 1. The molecular weight excluding hydrogens is 326 g/mol. The third-order valence-electron chi connectivity index (χ3n) is 7.10. The van der Waals surface area contributed by atoms with Crippen molar-refractivity contribution in [1.29, 1.82) is 5.26 Å². The number of aryl methyl sites for hydroxylation is 1. The van der Waals surface area contributed by atoms with Gasteiger partial charge in [0, 0.05) is 18.3 Å². The molecule has 0 radical (unpaired) electrons. The van der Waals surface area contributed by atoms with Crippen molar-refractivity contribution < 1.29 is 9.90 Å². The summed E-state index contributed by atoms with van der Waals surface area (Å²) in [6, 6.07) is 7.98. The molecule has 2 amide bonds. The van der Waals surface area contributed by atoms with Gasteiger partial charge in [0.15, 0.2) is 0 Å². The lowest BCUT2D eigenvalue weighted by atomic mass is 9.52. The van der Waals surface area contributed by atoms with E-state index in [1.807, 2.05) is 17.0 Å². The third kappa shape index (κ3) is 2.51. The first-order chi connectivity index (χ1) is 12.5. The van der Waals surface area contributed by atoms with Crippen molar-refractivity contribution in [2.45, 2.75) is 56.6 Å². The predicted octanol–water partition coefficient (Wildman–Crippen LogP) is 2.96. The van der Waals surface area contributed by atoms with Gasteiger partial charge in [-0.2, -0.15) is 5.26 Å². The number of aliphatic hydroxyl groups is 1. The molecule has 4 bridgehead atoms. The summed E-state index contributed by atoms with van der Waals surface area (Å²) in [5.74, 6) is 1.48. The lowest BCUT2D eigenvalue weighted by molar-refractivity contribution is -0.136. The molecule has 6 rings (SSSR count). The summed E-state index contributed by atoms with van der Waals surface area (Å²) >= 11 is 0. The quantitative estimate of drug-likeness (QED) is 0.817. The minimum Gasteiger partial charge on any atom is -0.390 e. The van der Waals surface area contributed by atoms with Crippen molar-refractivity contribution in [3.05, 3.63) is 29.3 Å². The standard InChI is InChI=1S/C21H25N3O2/c22-12-13-3-4-18-15(6-13)2-1-5-24(18)20(25)23-19-16-7-14-8-17(19)11-21(26,9-14)10-16/h3-4,6,14,16-17,19,26H,1-2,5,7-11H2,(H,23,25)/t14?,16?,17?,19-,21-. The lowest BCUT2D eigenvalue weighted by Gasteiger charge is -2.58. The number of nitrogens with zero attached hydrogens (tertiary/aromatic N) is 2. The number of benzene rings is 1. The van der Waals surface area contributed by atoms with Gasteiger partial charge < -0.3 is 10.4 Å². The fourth-order valence-electron chi connectivity index (χ4n) is 6.32. The number of urea groups is 1. The van der Waals surface area contributed by atoms with E-state index < -0.39 is 5.60 Å². The molecule has 1 heterocycles. The van der Waals surface area contributed by atoms with Crippen molar-refractivity contribution in [3.8, 4) is 6.07 Å². The summed E-state index contributed by atoms with van der Waals surface area (Å²) < 4.78 is 0. The molecule has 2 atom stereocenters. The zero-order valence-electron chi connectivity index (χ0n) is 14.9. The van der Waals surface area contributed by atoms with Crippen molar-refractivity contribution in [2.75, 3.05) is 11.4 Å². The van der Waals surface area contributed by atoms with E-state index in [2.05, 4.69) is 11.4 Å². The molecule has 5 heteroatoms. The minimum absolute atomic E-state index is 0.0138. The first kappa shape index (κ1) is 16.1. The van der Waals surface area contributed by atoms with Gasteiger partial charge in [0.2, 0.25) is 0 Å². The summed E-state index contributed by atoms with van der Waals surface area (Å²) in [4.78, 5) is 14.9. The van der Waals surface area contributed by atoms with Gasteiger partial charge in [0.25, 0.3) is 0 Å². The predicted molar refractivity (Wildman–Crippen MR) is 97.6 cm³/mol. The molecule has 26 heavy (non-hydrogen) atoms. The largest absolute Gasteiger partial charge is 0.390 e. The van der Waals surface area contributed by atoms with E-state index in [9.17, 15) is 9.90 Å². The maximum absolute atomic E-state index is 13.1. The Bertz CT molecular complexity index is 783. The summed E-state index contributed by atoms with van der Waals surface area (Å²) in [5, 5.41) is 23.2. The molecule has 1 aromatic rings. The normalized spacial score (nSPS) is 37.2. The molecule has 5 nitrogen and oxygen atoms in total. The highest BCUT2D eigenvalue weighted by atomic mass is 16.3. The number of amides is 2. The second kappa shape index (κ2) is 5.72. The van der Waals surface area contributed by atoms with Gasteiger partial charge >= 0.3 is 6.03 Å². The molecular formula is C21H25N3O2. The highest BCUT2D eigenvalue weighted by Gasteiger charge is 2.55. The van der Waals surface area contributed by atoms with E-state index in [0.29, 0.717) is 23.3 Å². The fourth-order valence-corrected chi connectivity index (χ4v) is 6.32. The molecule has 1 aromatic carbocycles. The molecule has 136 valence electrons. The molecule has 0 spiro atoms. The Balaban J connectivity index is 1.35. The number of hydrogen-bond acceptors (Lipinski definition) is 3. The highest BCUT2D eigenvalue weighted by Crippen LogP contribution is 2.55. The van der Waals surface area contributed by atoms with Crippen LogP contribution in [0.2, 0.25) is 0 Å². The molecule has 1 aliphatic heterocycles. The number of nitrogens with one attached hydrogen (secondary N) is 1. The Morgan fingerprint density at radius 2 is 2.04 bits per heavy atom. The average molecular weight is 351 g/mol. The van der Waals surface area contributed by atoms with E-state index in [0.717, 1.165) is 62.7 Å². The monoisotopic (exact) mass is 351 g/mol. The number of carbonyl (C=O) groups excluding carboxylic acids is 1. The maximum Gasteiger partial charge on any atom is 0.322 e. The molecule has 2 N–H and O–H groups in total. The topological polar surface area (TPSA) is 76.4 Å². The average Bonchev–Trinajstić information content (AvgIpc) is 2.62. The lowest BCUT2D eigenvalue weighted by Crippen LogP contribution is -2.63. The van der Waals surface area contributed by atoms with Crippen molar-refractivity contribution in [1.82, 2.24) is 5.32 Å². The molecule has 4 aliphatic carbocycles. The van der Waals surface area contributed by atoms with E-state index in [4.69, 9.17) is 5.26 Å². The summed E-state index contributed by atoms with van der Waals surface area (Å²) in [7, 11) is 0. The van der Waals surface area contributed by atoms with Gasteiger partial charge in [-0.1, -0.05) is 0 Å². The number of fused-ring (bicyclic) bond motifs is 1.